The van der Waals surface area contributed by atoms with Gasteiger partial charge in [-0.15, -0.1) is 0 Å². The minimum absolute atomic E-state index is 0.0683. The van der Waals surface area contributed by atoms with E-state index in [-0.39, 0.29) is 31.1 Å². The summed E-state index contributed by atoms with van der Waals surface area (Å²) >= 11 is 0. The second kappa shape index (κ2) is 61.4. The molecule has 0 saturated heterocycles. The average molecular weight is 1010 g/mol. The Labute approximate surface area is 449 Å². The van der Waals surface area contributed by atoms with Crippen molar-refractivity contribution in [1.29, 1.82) is 0 Å². The summed E-state index contributed by atoms with van der Waals surface area (Å²) in [5.41, 5.74) is 0. The number of rotatable bonds is 60. The van der Waals surface area contributed by atoms with Gasteiger partial charge in [0, 0.05) is 19.3 Å². The summed E-state index contributed by atoms with van der Waals surface area (Å²) in [6.07, 6.45) is 73.5. The number of ether oxygens (including phenoxy) is 3. The lowest BCUT2D eigenvalue weighted by molar-refractivity contribution is -0.167. The van der Waals surface area contributed by atoms with E-state index in [1.807, 2.05) is 0 Å². The van der Waals surface area contributed by atoms with Crippen LogP contribution in [0.3, 0.4) is 0 Å². The van der Waals surface area contributed by atoms with Gasteiger partial charge < -0.3 is 14.2 Å². The molecule has 0 aromatic heterocycles. The number of carbonyl (C=O) groups is 3. The first-order chi connectivity index (χ1) is 35.5. The largest absolute Gasteiger partial charge is 0.462 e. The summed E-state index contributed by atoms with van der Waals surface area (Å²) in [4.78, 5) is 38.1. The zero-order valence-electron chi connectivity index (χ0n) is 48.7. The van der Waals surface area contributed by atoms with E-state index in [0.29, 0.717) is 19.3 Å². The Bertz CT molecular complexity index is 1160. The molecule has 6 heteroatoms. The van der Waals surface area contributed by atoms with Crippen LogP contribution in [0.5, 0.6) is 0 Å². The first kappa shape index (κ1) is 69.9. The molecule has 0 aliphatic rings. The van der Waals surface area contributed by atoms with Gasteiger partial charge in [0.05, 0.1) is 0 Å². The molecular weight excluding hydrogens is 889 g/mol. The maximum absolute atomic E-state index is 12.8. The van der Waals surface area contributed by atoms with E-state index in [1.165, 1.54) is 250 Å². The number of unbranched alkanes of at least 4 members (excludes halogenated alkanes) is 45. The van der Waals surface area contributed by atoms with Crippen LogP contribution < -0.4 is 0 Å². The molecule has 1 atom stereocenters. The van der Waals surface area contributed by atoms with Crippen LogP contribution in [0.15, 0.2) is 24.3 Å². The van der Waals surface area contributed by atoms with Crippen LogP contribution in [0, 0.1) is 0 Å². The topological polar surface area (TPSA) is 78.9 Å². The fraction of sp³-hybridized carbons (Fsp3) is 0.894. The maximum Gasteiger partial charge on any atom is 0.306 e. The van der Waals surface area contributed by atoms with Crippen molar-refractivity contribution in [1.82, 2.24) is 0 Å². The molecule has 0 saturated carbocycles. The van der Waals surface area contributed by atoms with E-state index >= 15 is 0 Å². The van der Waals surface area contributed by atoms with Gasteiger partial charge in [0.2, 0.25) is 0 Å². The molecule has 0 fully saturated rings. The smallest absolute Gasteiger partial charge is 0.306 e. The molecule has 6 nitrogen and oxygen atoms in total. The van der Waals surface area contributed by atoms with Crippen molar-refractivity contribution in [2.24, 2.45) is 0 Å². The Kier molecular flexibility index (Phi) is 59.6. The summed E-state index contributed by atoms with van der Waals surface area (Å²) in [6, 6.07) is 0. The van der Waals surface area contributed by atoms with Crippen LogP contribution in [-0.2, 0) is 28.6 Å². The monoisotopic (exact) mass is 1010 g/mol. The maximum atomic E-state index is 12.8. The van der Waals surface area contributed by atoms with Gasteiger partial charge in [-0.05, 0) is 64.2 Å². The molecule has 1 unspecified atom stereocenters. The molecule has 0 rings (SSSR count). The molecule has 0 spiro atoms. The molecule has 0 heterocycles. The van der Waals surface area contributed by atoms with Crippen LogP contribution in [-0.4, -0.2) is 37.2 Å². The third-order valence-corrected chi connectivity index (χ3v) is 14.7. The summed E-state index contributed by atoms with van der Waals surface area (Å²) in [5.74, 6) is -0.856. The van der Waals surface area contributed by atoms with Gasteiger partial charge in [-0.2, -0.15) is 0 Å². The van der Waals surface area contributed by atoms with Crippen molar-refractivity contribution in [3.63, 3.8) is 0 Å². The Balaban J connectivity index is 4.08. The Morgan fingerprint density at radius 3 is 0.750 bits per heavy atom. The fourth-order valence-corrected chi connectivity index (χ4v) is 9.80. The summed E-state index contributed by atoms with van der Waals surface area (Å²) in [6.45, 7) is 6.63. The van der Waals surface area contributed by atoms with Gasteiger partial charge >= 0.3 is 17.9 Å². The fourth-order valence-electron chi connectivity index (χ4n) is 9.80. The van der Waals surface area contributed by atoms with Crippen molar-refractivity contribution in [3.8, 4) is 0 Å². The average Bonchev–Trinajstić information content (AvgIpc) is 3.38. The highest BCUT2D eigenvalue weighted by atomic mass is 16.6. The van der Waals surface area contributed by atoms with Crippen LogP contribution >= 0.6 is 0 Å². The number of hydrogen-bond donors (Lipinski definition) is 0. The van der Waals surface area contributed by atoms with Crippen molar-refractivity contribution < 1.29 is 28.6 Å². The van der Waals surface area contributed by atoms with Crippen LogP contribution in [0.4, 0.5) is 0 Å². The minimum atomic E-state index is -0.769. The Morgan fingerprint density at radius 2 is 0.486 bits per heavy atom. The van der Waals surface area contributed by atoms with Crippen molar-refractivity contribution in [3.05, 3.63) is 24.3 Å². The standard InChI is InChI=1S/C66H124O6/c1-4-7-10-13-16-19-22-24-26-27-28-29-30-31-32-33-34-35-36-37-38-39-41-42-44-47-50-53-56-59-65(68)71-62-63(61-70-64(67)58-55-52-49-46-21-18-15-12-9-6-3)72-66(69)60-57-54-51-48-45-43-40-25-23-20-17-14-11-8-5-2/h12,15,27-28,63H,4-11,13-14,16-26,29-62H2,1-3H3/b15-12-,28-27-. The third-order valence-electron chi connectivity index (χ3n) is 14.7. The lowest BCUT2D eigenvalue weighted by Crippen LogP contribution is -2.30. The molecule has 72 heavy (non-hydrogen) atoms. The Morgan fingerprint density at radius 1 is 0.264 bits per heavy atom. The lowest BCUT2D eigenvalue weighted by Gasteiger charge is -2.18. The SMILES string of the molecule is CCC/C=C\CCCCCCCC(=O)OCC(COC(=O)CCCCCCCCCCCCCCCCCCC/C=C\CCCCCCCCCC)OC(=O)CCCCCCCCCCCCCCCCC. The predicted molar refractivity (Wildman–Crippen MR) is 312 cm³/mol. The molecule has 0 aromatic carbocycles. The quantitative estimate of drug-likeness (QED) is 0.0261. The first-order valence-electron chi connectivity index (χ1n) is 32.3. The summed E-state index contributed by atoms with van der Waals surface area (Å²) in [7, 11) is 0. The van der Waals surface area contributed by atoms with Gasteiger partial charge in [-0.1, -0.05) is 302 Å². The van der Waals surface area contributed by atoms with Gasteiger partial charge in [0.1, 0.15) is 13.2 Å². The van der Waals surface area contributed by atoms with Crippen molar-refractivity contribution in [2.45, 2.75) is 367 Å². The number of hydrogen-bond acceptors (Lipinski definition) is 6. The molecule has 0 bridgehead atoms. The van der Waals surface area contributed by atoms with Crippen molar-refractivity contribution in [2.75, 3.05) is 13.2 Å². The summed E-state index contributed by atoms with van der Waals surface area (Å²) in [5, 5.41) is 0. The van der Waals surface area contributed by atoms with Crippen LogP contribution in [0.2, 0.25) is 0 Å². The minimum Gasteiger partial charge on any atom is -0.462 e. The lowest BCUT2D eigenvalue weighted by atomic mass is 10.0. The number of carbonyl (C=O) groups excluding carboxylic acids is 3. The summed E-state index contributed by atoms with van der Waals surface area (Å²) < 4.78 is 16.9. The predicted octanol–water partition coefficient (Wildman–Crippen LogP) is 21.8. The zero-order valence-corrected chi connectivity index (χ0v) is 48.7. The molecule has 0 aliphatic carbocycles. The highest BCUT2D eigenvalue weighted by Gasteiger charge is 2.19. The van der Waals surface area contributed by atoms with E-state index < -0.39 is 6.10 Å². The highest BCUT2D eigenvalue weighted by Crippen LogP contribution is 2.18. The van der Waals surface area contributed by atoms with Crippen molar-refractivity contribution >= 4 is 17.9 Å². The Hall–Kier alpha value is -2.11. The van der Waals surface area contributed by atoms with E-state index in [2.05, 4.69) is 45.1 Å². The van der Waals surface area contributed by atoms with Gasteiger partial charge in [0.25, 0.3) is 0 Å². The highest BCUT2D eigenvalue weighted by molar-refractivity contribution is 5.71. The number of allylic oxidation sites excluding steroid dienone is 4. The first-order valence-corrected chi connectivity index (χ1v) is 32.3. The van der Waals surface area contributed by atoms with Gasteiger partial charge in [-0.3, -0.25) is 14.4 Å². The second-order valence-electron chi connectivity index (χ2n) is 22.0. The molecule has 0 radical (unpaired) electrons. The normalized spacial score (nSPS) is 12.1. The second-order valence-corrected chi connectivity index (χ2v) is 22.0. The molecule has 0 aromatic rings. The van der Waals surface area contributed by atoms with E-state index in [1.54, 1.807) is 0 Å². The van der Waals surface area contributed by atoms with Crippen LogP contribution in [0.25, 0.3) is 0 Å². The van der Waals surface area contributed by atoms with E-state index in [9.17, 15) is 14.4 Å². The molecule has 424 valence electrons. The number of esters is 3. The van der Waals surface area contributed by atoms with E-state index in [4.69, 9.17) is 14.2 Å². The zero-order chi connectivity index (χ0) is 52.2. The third kappa shape index (κ3) is 58.8. The van der Waals surface area contributed by atoms with Crippen LogP contribution in [0.1, 0.15) is 361 Å². The molecule has 0 aliphatic heterocycles. The van der Waals surface area contributed by atoms with Gasteiger partial charge in [0.15, 0.2) is 6.10 Å². The molecule has 0 N–H and O–H groups in total. The molecule has 0 amide bonds. The molecular formula is C66H124O6. The van der Waals surface area contributed by atoms with Gasteiger partial charge in [-0.25, -0.2) is 0 Å². The van der Waals surface area contributed by atoms with E-state index in [0.717, 1.165) is 70.6 Å².